The Hall–Kier alpha value is -3.53. The maximum atomic E-state index is 12.8. The van der Waals surface area contributed by atoms with E-state index < -0.39 is 35.2 Å². The zero-order valence-electron chi connectivity index (χ0n) is 16.7. The van der Waals surface area contributed by atoms with E-state index in [0.717, 1.165) is 11.3 Å². The highest BCUT2D eigenvalue weighted by Crippen LogP contribution is 2.40. The summed E-state index contributed by atoms with van der Waals surface area (Å²) < 4.78 is 0. The number of nitrogens with two attached hydrogens (primary N) is 1. The smallest absolute Gasteiger partial charge is 0.330 e. The van der Waals surface area contributed by atoms with Gasteiger partial charge in [-0.25, -0.2) is 9.78 Å². The molecule has 2 aromatic rings. The number of aryl methyl sites for hydroxylation is 1. The summed E-state index contributed by atoms with van der Waals surface area (Å²) in [6.07, 6.45) is 0. The molecule has 32 heavy (non-hydrogen) atoms. The van der Waals surface area contributed by atoms with E-state index in [1.54, 1.807) is 12.3 Å². The van der Waals surface area contributed by atoms with Crippen LogP contribution in [-0.2, 0) is 25.8 Å². The van der Waals surface area contributed by atoms with E-state index in [1.807, 2.05) is 0 Å². The summed E-state index contributed by atoms with van der Waals surface area (Å²) in [5.41, 5.74) is 6.09. The number of carboxylic acid groups (broad SMARTS) is 1. The molecule has 1 fully saturated rings. The van der Waals surface area contributed by atoms with Crippen molar-refractivity contribution in [1.29, 1.82) is 0 Å². The van der Waals surface area contributed by atoms with Gasteiger partial charge in [-0.1, -0.05) is 5.16 Å². The highest BCUT2D eigenvalue weighted by Gasteiger charge is 2.56. The molecule has 2 aromatic heterocycles. The third-order valence-electron chi connectivity index (χ3n) is 4.63. The van der Waals surface area contributed by atoms with Crippen LogP contribution >= 0.6 is 23.1 Å². The number of rotatable bonds is 7. The van der Waals surface area contributed by atoms with Crippen LogP contribution in [0.2, 0.25) is 0 Å². The van der Waals surface area contributed by atoms with Crippen LogP contribution < -0.4 is 11.1 Å². The maximum Gasteiger partial charge on any atom is 0.330 e. The summed E-state index contributed by atoms with van der Waals surface area (Å²) >= 11 is 2.34. The van der Waals surface area contributed by atoms with E-state index in [-0.39, 0.29) is 23.1 Å². The fraction of sp³-hybridized carbons (Fsp3) is 0.375. The van der Waals surface area contributed by atoms with Crippen LogP contribution in [0.25, 0.3) is 0 Å². The van der Waals surface area contributed by atoms with Crippen molar-refractivity contribution in [3.05, 3.63) is 27.9 Å². The van der Waals surface area contributed by atoms with Crippen molar-refractivity contribution in [3.63, 3.8) is 0 Å². The zero-order valence-corrected chi connectivity index (χ0v) is 18.3. The number of thiazole rings is 1. The molecule has 1 saturated heterocycles. The van der Waals surface area contributed by atoms with Gasteiger partial charge in [0.15, 0.2) is 22.7 Å². The van der Waals surface area contributed by atoms with Gasteiger partial charge in [0, 0.05) is 5.38 Å². The molecule has 2 amide bonds. The van der Waals surface area contributed by atoms with Gasteiger partial charge in [0.05, 0.1) is 6.54 Å². The Balaban J connectivity index is 1.52. The number of hydrogen-bond donors (Lipinski definition) is 3. The van der Waals surface area contributed by atoms with Crippen molar-refractivity contribution in [2.45, 2.75) is 30.9 Å². The number of thioether (sulfide) groups is 1. The number of aliphatic carboxylic acids is 1. The lowest BCUT2D eigenvalue weighted by molar-refractivity contribution is -0.159. The van der Waals surface area contributed by atoms with E-state index in [2.05, 4.69) is 30.9 Å². The van der Waals surface area contributed by atoms with Gasteiger partial charge < -0.3 is 25.9 Å². The van der Waals surface area contributed by atoms with Crippen LogP contribution in [0.15, 0.2) is 21.5 Å². The molecule has 2 aliphatic rings. The molecule has 0 radical (unpaired) electrons. The van der Waals surface area contributed by atoms with Crippen LogP contribution in [0, 0.1) is 6.92 Å². The fourth-order valence-corrected chi connectivity index (χ4v) is 5.06. The van der Waals surface area contributed by atoms with Crippen molar-refractivity contribution in [2.75, 3.05) is 12.8 Å². The van der Waals surface area contributed by atoms with E-state index in [1.165, 1.54) is 33.9 Å². The molecule has 2 aliphatic heterocycles. The number of aromatic nitrogens is 5. The molecular weight excluding hydrogens is 462 g/mol. The first-order valence-corrected chi connectivity index (χ1v) is 10.9. The molecule has 4 rings (SSSR count). The quantitative estimate of drug-likeness (QED) is 0.246. The lowest BCUT2D eigenvalue weighted by atomic mass is 9.97. The molecule has 0 aliphatic carbocycles. The predicted octanol–water partition coefficient (Wildman–Crippen LogP) is -1.19. The van der Waals surface area contributed by atoms with E-state index in [4.69, 9.17) is 10.6 Å². The average molecular weight is 480 g/mol. The zero-order chi connectivity index (χ0) is 23.0. The van der Waals surface area contributed by atoms with Gasteiger partial charge in [-0.15, -0.1) is 33.3 Å². The summed E-state index contributed by atoms with van der Waals surface area (Å²) in [4.78, 5) is 48.7. The lowest BCUT2D eigenvalue weighted by Gasteiger charge is -2.51. The molecule has 14 nitrogen and oxygen atoms in total. The normalized spacial score (nSPS) is 22.6. The van der Waals surface area contributed by atoms with Gasteiger partial charge in [0.1, 0.15) is 24.2 Å². The van der Waals surface area contributed by atoms with E-state index in [9.17, 15) is 19.5 Å². The van der Waals surface area contributed by atoms with E-state index >= 15 is 0 Å². The number of amides is 2. The van der Waals surface area contributed by atoms with Crippen LogP contribution in [0.5, 0.6) is 0 Å². The fourth-order valence-electron chi connectivity index (χ4n) is 3.29. The summed E-state index contributed by atoms with van der Waals surface area (Å²) in [7, 11) is 1.27. The number of anilines is 1. The van der Waals surface area contributed by atoms with Gasteiger partial charge in [-0.3, -0.25) is 9.59 Å². The summed E-state index contributed by atoms with van der Waals surface area (Å²) in [6, 6.07) is -2.16. The second-order valence-electron chi connectivity index (χ2n) is 6.72. The standard InChI is InChI=1S/C16H17N9O5S2/c1-6-20-23-24(21-6)3-7-4-31-14-10(13(27)25(14)11(7)15(28)29)19-12(26)9(22-30-2)8-5-32-16(17)18-8/h4-5,10-11,14H,3H2,1-2H3,(H2,17,18)(H,19,26)(H,28,29)/t10-,11?,14-/m1/s1. The number of carbonyl (C=O) groups excluding carboxylic acids is 2. The van der Waals surface area contributed by atoms with Gasteiger partial charge in [0.2, 0.25) is 5.91 Å². The molecule has 4 heterocycles. The Kier molecular flexibility index (Phi) is 5.79. The minimum atomic E-state index is -1.21. The van der Waals surface area contributed by atoms with Crippen molar-refractivity contribution >= 4 is 51.7 Å². The highest BCUT2D eigenvalue weighted by atomic mass is 32.2. The number of hydrogen-bond acceptors (Lipinski definition) is 12. The Labute approximate surface area is 188 Å². The number of carboxylic acids is 1. The van der Waals surface area contributed by atoms with Gasteiger partial charge in [-0.05, 0) is 23.1 Å². The Bertz CT molecular complexity index is 1140. The number of nitrogens with one attached hydrogen (secondary N) is 1. The molecule has 0 aromatic carbocycles. The summed E-state index contributed by atoms with van der Waals surface area (Å²) in [5.74, 6) is -1.99. The second kappa shape index (κ2) is 8.54. The summed E-state index contributed by atoms with van der Waals surface area (Å²) in [6.45, 7) is 1.72. The van der Waals surface area contributed by atoms with Gasteiger partial charge in [-0.2, -0.15) is 4.80 Å². The molecule has 16 heteroatoms. The Morgan fingerprint density at radius 1 is 1.44 bits per heavy atom. The van der Waals surface area contributed by atoms with Crippen molar-refractivity contribution in [1.82, 2.24) is 35.4 Å². The van der Waals surface area contributed by atoms with Gasteiger partial charge >= 0.3 is 5.97 Å². The van der Waals surface area contributed by atoms with Gasteiger partial charge in [0.25, 0.3) is 5.91 Å². The van der Waals surface area contributed by atoms with Crippen LogP contribution in [0.4, 0.5) is 5.13 Å². The third kappa shape index (κ3) is 3.89. The van der Waals surface area contributed by atoms with Crippen molar-refractivity contribution in [3.8, 4) is 0 Å². The number of tetrazole rings is 1. The largest absolute Gasteiger partial charge is 0.479 e. The van der Waals surface area contributed by atoms with Crippen molar-refractivity contribution < 1.29 is 24.3 Å². The third-order valence-corrected chi connectivity index (χ3v) is 6.52. The number of nitrogens with zero attached hydrogens (tertiary/aromatic N) is 7. The lowest BCUT2D eigenvalue weighted by Crippen LogP contribution is -2.74. The Morgan fingerprint density at radius 2 is 2.22 bits per heavy atom. The monoisotopic (exact) mass is 479 g/mol. The Morgan fingerprint density at radius 3 is 2.81 bits per heavy atom. The molecule has 0 bridgehead atoms. The highest BCUT2D eigenvalue weighted by molar-refractivity contribution is 8.02. The minimum Gasteiger partial charge on any atom is -0.479 e. The molecule has 4 N–H and O–H groups in total. The van der Waals surface area contributed by atoms with Crippen LogP contribution in [-0.4, -0.2) is 83.3 Å². The van der Waals surface area contributed by atoms with E-state index in [0.29, 0.717) is 11.4 Å². The minimum absolute atomic E-state index is 0.0637. The number of fused-ring (bicyclic) bond motifs is 1. The topological polar surface area (TPSA) is 191 Å². The number of carbonyl (C=O) groups is 3. The first-order valence-electron chi connectivity index (χ1n) is 9.07. The molecule has 168 valence electrons. The summed E-state index contributed by atoms with van der Waals surface area (Å²) in [5, 5.41) is 30.5. The first kappa shape index (κ1) is 21.7. The van der Waals surface area contributed by atoms with Crippen LogP contribution in [0.3, 0.4) is 0 Å². The maximum absolute atomic E-state index is 12.8. The molecule has 0 saturated carbocycles. The SMILES string of the molecule is CON=C(C(=O)N[C@@H]1C(=O)N2C(C(=O)O)C(Cn3nnc(C)n3)=CS[C@H]12)c1csc(N)n1. The van der Waals surface area contributed by atoms with Crippen LogP contribution in [0.1, 0.15) is 11.5 Å². The predicted molar refractivity (Wildman–Crippen MR) is 112 cm³/mol. The second-order valence-corrected chi connectivity index (χ2v) is 8.60. The molecule has 1 unspecified atom stereocenters. The molecule has 3 atom stereocenters. The number of nitrogen functional groups attached to an aromatic ring is 1. The first-order chi connectivity index (χ1) is 15.3. The van der Waals surface area contributed by atoms with Crippen molar-refractivity contribution in [2.24, 2.45) is 5.16 Å². The average Bonchev–Trinajstić information content (AvgIpc) is 3.37. The molecular formula is C16H17N9O5S2. The number of β-lactam (4-membered cyclic amide) rings is 1. The number of oxime groups is 1. The molecule has 0 spiro atoms.